The van der Waals surface area contributed by atoms with E-state index in [-0.39, 0.29) is 5.82 Å². The summed E-state index contributed by atoms with van der Waals surface area (Å²) in [7, 11) is 2.01. The normalized spacial score (nSPS) is 20.1. The molecule has 0 radical (unpaired) electrons. The molecule has 1 aromatic carbocycles. The molecule has 2 aromatic rings. The number of hydrogen-bond acceptors (Lipinski definition) is 6. The van der Waals surface area contributed by atoms with Gasteiger partial charge in [-0.05, 0) is 44.1 Å². The Labute approximate surface area is 147 Å². The van der Waals surface area contributed by atoms with Crippen molar-refractivity contribution in [3.8, 4) is 0 Å². The number of likely N-dealkylation sites (tertiary alicyclic amines) is 1. The van der Waals surface area contributed by atoms with E-state index in [0.717, 1.165) is 25.9 Å². The lowest BCUT2D eigenvalue weighted by Crippen LogP contribution is -2.47. The second kappa shape index (κ2) is 8.03. The third-order valence-electron chi connectivity index (χ3n) is 4.73. The molecule has 2 atom stereocenters. The molecular formula is C18H25FN4O2. The molecule has 2 heterocycles. The van der Waals surface area contributed by atoms with Crippen LogP contribution in [0.25, 0.3) is 0 Å². The smallest absolute Gasteiger partial charge is 0.223 e. The van der Waals surface area contributed by atoms with Gasteiger partial charge in [0.25, 0.3) is 0 Å². The Morgan fingerprint density at radius 2 is 2.32 bits per heavy atom. The number of benzene rings is 1. The molecule has 1 saturated heterocycles. The number of rotatable bonds is 6. The molecule has 6 nitrogen and oxygen atoms in total. The van der Waals surface area contributed by atoms with Crippen LogP contribution < -0.4 is 0 Å². The average Bonchev–Trinajstić information content (AvgIpc) is 3.00. The summed E-state index contributed by atoms with van der Waals surface area (Å²) >= 11 is 0. The molecule has 136 valence electrons. The fraction of sp³-hybridized carbons (Fsp3) is 0.556. The number of aliphatic hydroxyl groups excluding tert-OH is 1. The predicted molar refractivity (Wildman–Crippen MR) is 91.3 cm³/mol. The molecule has 1 aliphatic rings. The van der Waals surface area contributed by atoms with Gasteiger partial charge in [0.05, 0.1) is 12.6 Å². The van der Waals surface area contributed by atoms with E-state index in [1.807, 2.05) is 7.05 Å². The van der Waals surface area contributed by atoms with Crippen LogP contribution in [0.3, 0.4) is 0 Å². The SMILES string of the molecule is Cc1nc(CN2CCCC(N(C)CC(O)c3cccc(F)c3)C2)no1. The third kappa shape index (κ3) is 4.84. The van der Waals surface area contributed by atoms with Gasteiger partial charge in [-0.15, -0.1) is 0 Å². The van der Waals surface area contributed by atoms with E-state index in [1.165, 1.54) is 12.1 Å². The highest BCUT2D eigenvalue weighted by Crippen LogP contribution is 2.20. The van der Waals surface area contributed by atoms with Crippen molar-refractivity contribution in [2.45, 2.75) is 38.5 Å². The van der Waals surface area contributed by atoms with Crippen molar-refractivity contribution in [1.29, 1.82) is 0 Å². The second-order valence-corrected chi connectivity index (χ2v) is 6.77. The van der Waals surface area contributed by atoms with Crippen LogP contribution in [0.1, 0.15) is 36.2 Å². The maximum absolute atomic E-state index is 13.3. The van der Waals surface area contributed by atoms with Crippen molar-refractivity contribution in [3.63, 3.8) is 0 Å². The predicted octanol–water partition coefficient (Wildman–Crippen LogP) is 2.15. The van der Waals surface area contributed by atoms with Crippen molar-refractivity contribution in [2.24, 2.45) is 0 Å². The molecule has 1 aromatic heterocycles. The first kappa shape index (κ1) is 18.0. The van der Waals surface area contributed by atoms with Gasteiger partial charge in [-0.25, -0.2) is 4.39 Å². The van der Waals surface area contributed by atoms with E-state index in [4.69, 9.17) is 4.52 Å². The van der Waals surface area contributed by atoms with Gasteiger partial charge in [0.1, 0.15) is 5.82 Å². The Kier molecular flexibility index (Phi) is 5.78. The monoisotopic (exact) mass is 348 g/mol. The highest BCUT2D eigenvalue weighted by molar-refractivity contribution is 5.19. The molecular weight excluding hydrogens is 323 g/mol. The molecule has 2 unspecified atom stereocenters. The average molecular weight is 348 g/mol. The zero-order valence-electron chi connectivity index (χ0n) is 14.7. The van der Waals surface area contributed by atoms with Crippen LogP contribution in [0.5, 0.6) is 0 Å². The highest BCUT2D eigenvalue weighted by Gasteiger charge is 2.25. The number of piperidine rings is 1. The molecule has 25 heavy (non-hydrogen) atoms. The maximum Gasteiger partial charge on any atom is 0.223 e. The van der Waals surface area contributed by atoms with E-state index >= 15 is 0 Å². The Morgan fingerprint density at radius 1 is 1.48 bits per heavy atom. The molecule has 1 aliphatic heterocycles. The number of aryl methyl sites for hydroxylation is 1. The maximum atomic E-state index is 13.3. The molecule has 0 amide bonds. The van der Waals surface area contributed by atoms with Crippen molar-refractivity contribution in [2.75, 3.05) is 26.7 Å². The van der Waals surface area contributed by atoms with Crippen molar-refractivity contribution >= 4 is 0 Å². The summed E-state index contributed by atoms with van der Waals surface area (Å²) in [6.07, 6.45) is 1.46. The first-order chi connectivity index (χ1) is 12.0. The molecule has 1 fully saturated rings. The van der Waals surface area contributed by atoms with Gasteiger partial charge in [0.2, 0.25) is 5.89 Å². The summed E-state index contributed by atoms with van der Waals surface area (Å²) in [4.78, 5) is 8.73. The van der Waals surface area contributed by atoms with Gasteiger partial charge in [0, 0.05) is 26.1 Å². The summed E-state index contributed by atoms with van der Waals surface area (Å²) in [6.45, 7) is 4.83. The quantitative estimate of drug-likeness (QED) is 0.863. The lowest BCUT2D eigenvalue weighted by Gasteiger charge is -2.38. The lowest BCUT2D eigenvalue weighted by atomic mass is 10.0. The first-order valence-corrected chi connectivity index (χ1v) is 8.66. The number of hydrogen-bond donors (Lipinski definition) is 1. The van der Waals surface area contributed by atoms with E-state index < -0.39 is 6.10 Å². The van der Waals surface area contributed by atoms with Crippen LogP contribution in [-0.2, 0) is 6.54 Å². The Balaban J connectivity index is 1.55. The molecule has 0 aliphatic carbocycles. The largest absolute Gasteiger partial charge is 0.387 e. The molecule has 0 spiro atoms. The summed E-state index contributed by atoms with van der Waals surface area (Å²) in [6, 6.07) is 6.50. The van der Waals surface area contributed by atoms with Crippen LogP contribution in [0.15, 0.2) is 28.8 Å². The van der Waals surface area contributed by atoms with Gasteiger partial charge < -0.3 is 9.63 Å². The van der Waals surface area contributed by atoms with Gasteiger partial charge in [0.15, 0.2) is 5.82 Å². The van der Waals surface area contributed by atoms with Gasteiger partial charge >= 0.3 is 0 Å². The molecule has 7 heteroatoms. The van der Waals surface area contributed by atoms with E-state index in [1.54, 1.807) is 19.1 Å². The van der Waals surface area contributed by atoms with Crippen molar-refractivity contribution < 1.29 is 14.0 Å². The Morgan fingerprint density at radius 3 is 3.04 bits per heavy atom. The van der Waals surface area contributed by atoms with E-state index in [9.17, 15) is 9.50 Å². The second-order valence-electron chi connectivity index (χ2n) is 6.77. The topological polar surface area (TPSA) is 65.6 Å². The van der Waals surface area contributed by atoms with Gasteiger partial charge in [-0.1, -0.05) is 17.3 Å². The van der Waals surface area contributed by atoms with Crippen LogP contribution in [-0.4, -0.2) is 57.8 Å². The van der Waals surface area contributed by atoms with Crippen LogP contribution >= 0.6 is 0 Å². The summed E-state index contributed by atoms with van der Waals surface area (Å²) in [5.74, 6) is 0.970. The minimum atomic E-state index is -0.698. The third-order valence-corrected chi connectivity index (χ3v) is 4.73. The lowest BCUT2D eigenvalue weighted by molar-refractivity contribution is 0.0637. The highest BCUT2D eigenvalue weighted by atomic mass is 19.1. The Hall–Kier alpha value is -1.83. The number of nitrogens with zero attached hydrogens (tertiary/aromatic N) is 4. The summed E-state index contributed by atoms with van der Waals surface area (Å²) < 4.78 is 18.4. The standard InChI is InChI=1S/C18H25FN4O2/c1-13-20-18(21-25-13)12-23-8-4-7-16(10-23)22(2)11-17(24)14-5-3-6-15(19)9-14/h3,5-6,9,16-17,24H,4,7-8,10-12H2,1-2H3. The molecule has 1 N–H and O–H groups in total. The fourth-order valence-electron chi connectivity index (χ4n) is 3.38. The Bertz CT molecular complexity index is 693. The number of halogens is 1. The first-order valence-electron chi connectivity index (χ1n) is 8.66. The van der Waals surface area contributed by atoms with Gasteiger partial charge in [-0.3, -0.25) is 9.80 Å². The molecule has 0 bridgehead atoms. The minimum Gasteiger partial charge on any atom is -0.387 e. The van der Waals surface area contributed by atoms with E-state index in [2.05, 4.69) is 19.9 Å². The summed E-state index contributed by atoms with van der Waals surface area (Å²) in [5, 5.41) is 14.4. The number of aliphatic hydroxyl groups is 1. The van der Waals surface area contributed by atoms with Crippen molar-refractivity contribution in [3.05, 3.63) is 47.4 Å². The van der Waals surface area contributed by atoms with Crippen LogP contribution in [0.2, 0.25) is 0 Å². The summed E-state index contributed by atoms with van der Waals surface area (Å²) in [5.41, 5.74) is 0.613. The zero-order valence-corrected chi connectivity index (χ0v) is 14.7. The fourth-order valence-corrected chi connectivity index (χ4v) is 3.38. The number of likely N-dealkylation sites (N-methyl/N-ethyl adjacent to an activating group) is 1. The van der Waals surface area contributed by atoms with Crippen molar-refractivity contribution in [1.82, 2.24) is 19.9 Å². The minimum absolute atomic E-state index is 0.321. The number of aromatic nitrogens is 2. The molecule has 0 saturated carbocycles. The van der Waals surface area contributed by atoms with Crippen LogP contribution in [0.4, 0.5) is 4.39 Å². The zero-order chi connectivity index (χ0) is 17.8. The van der Waals surface area contributed by atoms with Crippen LogP contribution in [0, 0.1) is 12.7 Å². The molecule has 3 rings (SSSR count). The van der Waals surface area contributed by atoms with E-state index in [0.29, 0.717) is 36.4 Å². The van der Waals surface area contributed by atoms with Gasteiger partial charge in [-0.2, -0.15) is 4.98 Å².